The maximum atomic E-state index is 5.90. The van der Waals surface area contributed by atoms with Gasteiger partial charge in [0.25, 0.3) is 0 Å². The van der Waals surface area contributed by atoms with Crippen molar-refractivity contribution in [1.82, 2.24) is 0 Å². The van der Waals surface area contributed by atoms with Crippen molar-refractivity contribution in [2.75, 3.05) is 52.9 Å². The summed E-state index contributed by atoms with van der Waals surface area (Å²) in [7, 11) is -1.89. The molecule has 0 rings (SSSR count). The van der Waals surface area contributed by atoms with Crippen molar-refractivity contribution in [1.29, 1.82) is 0 Å². The first-order chi connectivity index (χ1) is 14.2. The van der Waals surface area contributed by atoms with Gasteiger partial charge in [0.15, 0.2) is 0 Å². The molecule has 0 saturated heterocycles. The first-order valence-corrected chi connectivity index (χ1v) is 14.7. The van der Waals surface area contributed by atoms with Crippen LogP contribution >= 0.6 is 0 Å². The van der Waals surface area contributed by atoms with Crippen molar-refractivity contribution in [3.63, 3.8) is 0 Å². The van der Waals surface area contributed by atoms with E-state index in [-0.39, 0.29) is 0 Å². The second kappa shape index (κ2) is 22.7. The van der Waals surface area contributed by atoms with Gasteiger partial charge in [-0.15, -0.1) is 0 Å². The van der Waals surface area contributed by atoms with E-state index in [0.29, 0.717) is 13.2 Å². The molecule has 0 bridgehead atoms. The highest BCUT2D eigenvalue weighted by Gasteiger charge is 2.29. The van der Waals surface area contributed by atoms with Gasteiger partial charge in [-0.1, -0.05) is 51.4 Å². The van der Waals surface area contributed by atoms with Gasteiger partial charge in [0, 0.05) is 39.6 Å². The lowest BCUT2D eigenvalue weighted by molar-refractivity contribution is 0.0389. The standard InChI is InChI=1S/C23H50O5Si/c1-5-24-21-22-26-20-17-19-25-18-15-13-11-9-8-10-12-14-16-23-29(4,27-6-2)28-7-3/h5-23H2,1-4H3. The van der Waals surface area contributed by atoms with Crippen LogP contribution in [-0.2, 0) is 23.1 Å². The van der Waals surface area contributed by atoms with Crippen LogP contribution in [0.5, 0.6) is 0 Å². The molecule has 0 N–H and O–H groups in total. The molecular weight excluding hydrogens is 384 g/mol. The van der Waals surface area contributed by atoms with Crippen LogP contribution in [0.1, 0.15) is 85.0 Å². The van der Waals surface area contributed by atoms with Gasteiger partial charge in [-0.25, -0.2) is 0 Å². The Morgan fingerprint density at radius 3 is 1.45 bits per heavy atom. The van der Waals surface area contributed by atoms with E-state index in [1.165, 1.54) is 57.8 Å². The number of ether oxygens (including phenoxy) is 3. The molecule has 6 heteroatoms. The molecule has 0 amide bonds. The Bertz CT molecular complexity index is 312. The zero-order valence-corrected chi connectivity index (χ0v) is 21.0. The molecule has 0 heterocycles. The van der Waals surface area contributed by atoms with E-state index >= 15 is 0 Å². The lowest BCUT2D eigenvalue weighted by Crippen LogP contribution is -2.38. The van der Waals surface area contributed by atoms with Crippen LogP contribution in [0.3, 0.4) is 0 Å². The van der Waals surface area contributed by atoms with Gasteiger partial charge in [-0.3, -0.25) is 0 Å². The topological polar surface area (TPSA) is 46.2 Å². The molecule has 0 aromatic heterocycles. The second-order valence-electron chi connectivity index (χ2n) is 7.71. The fraction of sp³-hybridized carbons (Fsp3) is 1.00. The summed E-state index contributed by atoms with van der Waals surface area (Å²) in [4.78, 5) is 0. The van der Waals surface area contributed by atoms with Crippen molar-refractivity contribution in [3.8, 4) is 0 Å². The number of unbranched alkanes of at least 4 members (excludes halogenated alkanes) is 8. The molecule has 0 saturated carbocycles. The van der Waals surface area contributed by atoms with Gasteiger partial charge in [0.1, 0.15) is 0 Å². The molecule has 0 aromatic carbocycles. The van der Waals surface area contributed by atoms with Gasteiger partial charge in [0.05, 0.1) is 13.2 Å². The minimum Gasteiger partial charge on any atom is -0.395 e. The molecule has 29 heavy (non-hydrogen) atoms. The molecule has 176 valence electrons. The van der Waals surface area contributed by atoms with Crippen LogP contribution in [0, 0.1) is 0 Å². The molecule has 0 fully saturated rings. The fourth-order valence-electron chi connectivity index (χ4n) is 3.41. The third kappa shape index (κ3) is 21.0. The predicted octanol–water partition coefficient (Wildman–Crippen LogP) is 6.10. The Hall–Kier alpha value is 0.0169. The summed E-state index contributed by atoms with van der Waals surface area (Å²) >= 11 is 0. The highest BCUT2D eigenvalue weighted by molar-refractivity contribution is 6.66. The van der Waals surface area contributed by atoms with Crippen LogP contribution in [0.15, 0.2) is 0 Å². The monoisotopic (exact) mass is 434 g/mol. The Morgan fingerprint density at radius 1 is 0.448 bits per heavy atom. The molecule has 5 nitrogen and oxygen atoms in total. The van der Waals surface area contributed by atoms with Crippen molar-refractivity contribution < 1.29 is 23.1 Å². The third-order valence-electron chi connectivity index (χ3n) is 4.97. The average Bonchev–Trinajstić information content (AvgIpc) is 2.70. The normalized spacial score (nSPS) is 12.0. The maximum Gasteiger partial charge on any atom is 0.334 e. The Kier molecular flexibility index (Phi) is 22.7. The molecule has 0 aliphatic heterocycles. The minimum atomic E-state index is -1.89. The fourth-order valence-corrected chi connectivity index (χ4v) is 5.90. The summed E-state index contributed by atoms with van der Waals surface area (Å²) in [6, 6.07) is 1.13. The molecule has 0 aliphatic carbocycles. The largest absolute Gasteiger partial charge is 0.395 e. The predicted molar refractivity (Wildman–Crippen MR) is 124 cm³/mol. The van der Waals surface area contributed by atoms with Crippen molar-refractivity contribution in [2.24, 2.45) is 0 Å². The first-order valence-electron chi connectivity index (χ1n) is 12.2. The summed E-state index contributed by atoms with van der Waals surface area (Å²) < 4.78 is 28.2. The van der Waals surface area contributed by atoms with E-state index in [4.69, 9.17) is 23.1 Å². The highest BCUT2D eigenvalue weighted by atomic mass is 28.4. The summed E-state index contributed by atoms with van der Waals surface area (Å²) in [5.41, 5.74) is 0. The summed E-state index contributed by atoms with van der Waals surface area (Å²) in [6.45, 7) is 14.5. The minimum absolute atomic E-state index is 0.690. The van der Waals surface area contributed by atoms with Crippen LogP contribution in [-0.4, -0.2) is 61.4 Å². The molecule has 0 radical (unpaired) electrons. The lowest BCUT2D eigenvalue weighted by atomic mass is 10.1. The van der Waals surface area contributed by atoms with Crippen molar-refractivity contribution in [3.05, 3.63) is 0 Å². The smallest absolute Gasteiger partial charge is 0.334 e. The molecule has 0 aliphatic rings. The highest BCUT2D eigenvalue weighted by Crippen LogP contribution is 2.19. The number of hydrogen-bond acceptors (Lipinski definition) is 5. The Morgan fingerprint density at radius 2 is 0.897 bits per heavy atom. The summed E-state index contributed by atoms with van der Waals surface area (Å²) in [5.74, 6) is 0. The number of rotatable bonds is 24. The lowest BCUT2D eigenvalue weighted by Gasteiger charge is -2.25. The van der Waals surface area contributed by atoms with Crippen LogP contribution in [0.4, 0.5) is 0 Å². The van der Waals surface area contributed by atoms with Gasteiger partial charge in [0.2, 0.25) is 0 Å². The van der Waals surface area contributed by atoms with Crippen LogP contribution in [0.2, 0.25) is 12.6 Å². The third-order valence-corrected chi connectivity index (χ3v) is 8.03. The summed E-state index contributed by atoms with van der Waals surface area (Å²) in [6.07, 6.45) is 12.8. The van der Waals surface area contributed by atoms with Crippen LogP contribution < -0.4 is 0 Å². The number of hydrogen-bond donors (Lipinski definition) is 0. The van der Waals surface area contributed by atoms with E-state index in [0.717, 1.165) is 52.1 Å². The summed E-state index contributed by atoms with van der Waals surface area (Å²) in [5, 5.41) is 0. The Labute approximate surface area is 182 Å². The van der Waals surface area contributed by atoms with Gasteiger partial charge < -0.3 is 23.1 Å². The molecule has 0 spiro atoms. The van der Waals surface area contributed by atoms with Crippen molar-refractivity contribution in [2.45, 2.75) is 97.6 Å². The maximum absolute atomic E-state index is 5.90. The zero-order chi connectivity index (χ0) is 21.5. The zero-order valence-electron chi connectivity index (χ0n) is 20.0. The van der Waals surface area contributed by atoms with Crippen molar-refractivity contribution >= 4 is 8.56 Å². The van der Waals surface area contributed by atoms with E-state index < -0.39 is 8.56 Å². The van der Waals surface area contributed by atoms with E-state index in [1.54, 1.807) is 0 Å². The SMILES string of the molecule is CCOCCOCCCOCCCCCCCCCCC[Si](C)(OCC)OCC. The van der Waals surface area contributed by atoms with E-state index in [2.05, 4.69) is 20.4 Å². The molecule has 0 unspecified atom stereocenters. The van der Waals surface area contributed by atoms with Gasteiger partial charge in [-0.05, 0) is 46.2 Å². The Balaban J connectivity index is 3.22. The molecule has 0 atom stereocenters. The molecular formula is C23H50O5Si. The quantitative estimate of drug-likeness (QED) is 0.136. The van der Waals surface area contributed by atoms with E-state index in [9.17, 15) is 0 Å². The van der Waals surface area contributed by atoms with Crippen LogP contribution in [0.25, 0.3) is 0 Å². The molecule has 0 aromatic rings. The second-order valence-corrected chi connectivity index (χ2v) is 11.1. The average molecular weight is 435 g/mol. The van der Waals surface area contributed by atoms with Gasteiger partial charge in [-0.2, -0.15) is 0 Å². The first kappa shape index (κ1) is 29.0. The van der Waals surface area contributed by atoms with Gasteiger partial charge >= 0.3 is 8.56 Å². The van der Waals surface area contributed by atoms with E-state index in [1.807, 2.05) is 6.92 Å².